The molecule has 0 aromatic heterocycles. The lowest BCUT2D eigenvalue weighted by Crippen LogP contribution is -2.03. The van der Waals surface area contributed by atoms with Crippen LogP contribution in [0.3, 0.4) is 0 Å². The molecule has 0 atom stereocenters. The van der Waals surface area contributed by atoms with Gasteiger partial charge in [-0.25, -0.2) is 0 Å². The van der Waals surface area contributed by atoms with Gasteiger partial charge in [0.25, 0.3) is 0 Å². The number of unbranched alkanes of at least 4 members (excludes halogenated alkanes) is 2. The number of aryl methyl sites for hydroxylation is 2. The molecule has 1 aromatic carbocycles. The van der Waals surface area contributed by atoms with Gasteiger partial charge in [0.05, 0.1) is 13.7 Å². The van der Waals surface area contributed by atoms with Crippen LogP contribution >= 0.6 is 0 Å². The fourth-order valence-electron chi connectivity index (χ4n) is 2.24. The van der Waals surface area contributed by atoms with Crippen LogP contribution in [0.15, 0.2) is 18.2 Å². The van der Waals surface area contributed by atoms with E-state index in [1.165, 1.54) is 18.2 Å². The molecule has 0 aliphatic carbocycles. The van der Waals surface area contributed by atoms with E-state index in [1.54, 1.807) is 7.11 Å². The van der Waals surface area contributed by atoms with Crippen molar-refractivity contribution in [2.75, 3.05) is 27.4 Å². The van der Waals surface area contributed by atoms with Gasteiger partial charge in [0, 0.05) is 20.1 Å². The van der Waals surface area contributed by atoms with Crippen LogP contribution in [0.4, 0.5) is 0 Å². The largest absolute Gasteiger partial charge is 0.493 e. The number of hydrogen-bond acceptors (Lipinski definition) is 4. The topological polar surface area (TPSA) is 44.8 Å². The zero-order valence-corrected chi connectivity index (χ0v) is 14.0. The molecule has 0 spiro atoms. The number of hydrogen-bond donors (Lipinski definition) is 0. The minimum Gasteiger partial charge on any atom is -0.493 e. The molecule has 1 aromatic rings. The van der Waals surface area contributed by atoms with Crippen LogP contribution in [0.5, 0.6) is 5.75 Å². The summed E-state index contributed by atoms with van der Waals surface area (Å²) in [6.07, 6.45) is 5.22. The smallest absolute Gasteiger partial charge is 0.305 e. The van der Waals surface area contributed by atoms with Gasteiger partial charge < -0.3 is 14.2 Å². The third-order valence-corrected chi connectivity index (χ3v) is 3.53. The summed E-state index contributed by atoms with van der Waals surface area (Å²) in [4.78, 5) is 11.0. The summed E-state index contributed by atoms with van der Waals surface area (Å²) in [6, 6.07) is 6.35. The number of rotatable bonds is 11. The Hall–Kier alpha value is -1.55. The molecule has 0 N–H and O–H groups in total. The Kier molecular flexibility index (Phi) is 9.31. The normalized spacial score (nSPS) is 10.5. The molecule has 0 amide bonds. The highest BCUT2D eigenvalue weighted by atomic mass is 16.5. The van der Waals surface area contributed by atoms with Gasteiger partial charge in [0.2, 0.25) is 0 Å². The van der Waals surface area contributed by atoms with Gasteiger partial charge in [-0.15, -0.1) is 0 Å². The maximum atomic E-state index is 11.0. The van der Waals surface area contributed by atoms with E-state index in [0.29, 0.717) is 13.0 Å². The number of ether oxygens (including phenoxy) is 3. The van der Waals surface area contributed by atoms with E-state index in [-0.39, 0.29) is 5.97 Å². The van der Waals surface area contributed by atoms with E-state index in [4.69, 9.17) is 9.47 Å². The maximum Gasteiger partial charge on any atom is 0.305 e. The van der Waals surface area contributed by atoms with Crippen molar-refractivity contribution in [3.63, 3.8) is 0 Å². The summed E-state index contributed by atoms with van der Waals surface area (Å²) in [5.41, 5.74) is 2.44. The second kappa shape index (κ2) is 11.1. The van der Waals surface area contributed by atoms with Crippen LogP contribution in [0.2, 0.25) is 0 Å². The van der Waals surface area contributed by atoms with E-state index in [9.17, 15) is 4.79 Å². The van der Waals surface area contributed by atoms with Gasteiger partial charge in [-0.05, 0) is 56.2 Å². The Bertz CT molecular complexity index is 443. The van der Waals surface area contributed by atoms with Crippen molar-refractivity contribution < 1.29 is 19.0 Å². The van der Waals surface area contributed by atoms with Gasteiger partial charge >= 0.3 is 5.97 Å². The minimum atomic E-state index is -0.139. The number of carbonyl (C=O) groups is 1. The third kappa shape index (κ3) is 7.46. The van der Waals surface area contributed by atoms with Crippen molar-refractivity contribution >= 4 is 5.97 Å². The molecule has 124 valence electrons. The predicted molar refractivity (Wildman–Crippen MR) is 87.4 cm³/mol. The number of methoxy groups -OCH3 is 2. The van der Waals surface area contributed by atoms with Crippen molar-refractivity contribution in [3.05, 3.63) is 29.3 Å². The quantitative estimate of drug-likeness (QED) is 0.462. The lowest BCUT2D eigenvalue weighted by atomic mass is 10.1. The zero-order valence-electron chi connectivity index (χ0n) is 14.0. The Labute approximate surface area is 133 Å². The molecule has 4 heteroatoms. The highest BCUT2D eigenvalue weighted by Crippen LogP contribution is 2.22. The van der Waals surface area contributed by atoms with Crippen LogP contribution in [0.1, 0.15) is 43.2 Å². The molecule has 4 nitrogen and oxygen atoms in total. The average molecular weight is 308 g/mol. The van der Waals surface area contributed by atoms with E-state index >= 15 is 0 Å². The molecule has 0 heterocycles. The molecule has 0 bridgehead atoms. The van der Waals surface area contributed by atoms with E-state index in [2.05, 4.69) is 29.9 Å². The van der Waals surface area contributed by atoms with Crippen molar-refractivity contribution in [1.29, 1.82) is 0 Å². The van der Waals surface area contributed by atoms with Crippen molar-refractivity contribution in [2.24, 2.45) is 0 Å². The van der Waals surface area contributed by atoms with E-state index < -0.39 is 0 Å². The summed E-state index contributed by atoms with van der Waals surface area (Å²) in [7, 11) is 3.15. The second-order valence-corrected chi connectivity index (χ2v) is 5.44. The molecule has 0 aliphatic rings. The van der Waals surface area contributed by atoms with Gasteiger partial charge in [-0.3, -0.25) is 4.79 Å². The van der Waals surface area contributed by atoms with Crippen LogP contribution in [0, 0.1) is 6.92 Å². The molecule has 0 saturated carbocycles. The Morgan fingerprint density at radius 2 is 1.86 bits per heavy atom. The van der Waals surface area contributed by atoms with E-state index in [1.807, 2.05) is 0 Å². The SMILES string of the molecule is COCCCc1ccc(C)cc1OCCCCCC(=O)OC. The van der Waals surface area contributed by atoms with Crippen LogP contribution in [-0.4, -0.2) is 33.4 Å². The lowest BCUT2D eigenvalue weighted by molar-refractivity contribution is -0.140. The molecule has 0 saturated heterocycles. The second-order valence-electron chi connectivity index (χ2n) is 5.44. The first kappa shape index (κ1) is 18.5. The monoisotopic (exact) mass is 308 g/mol. The summed E-state index contributed by atoms with van der Waals surface area (Å²) >= 11 is 0. The first-order valence-electron chi connectivity index (χ1n) is 7.95. The molecule has 0 unspecified atom stereocenters. The summed E-state index contributed by atoms with van der Waals surface area (Å²) < 4.78 is 15.6. The number of benzene rings is 1. The maximum absolute atomic E-state index is 11.0. The zero-order chi connectivity index (χ0) is 16.2. The van der Waals surface area contributed by atoms with E-state index in [0.717, 1.165) is 44.5 Å². The number of esters is 1. The average Bonchev–Trinajstić information content (AvgIpc) is 2.52. The van der Waals surface area contributed by atoms with Crippen molar-refractivity contribution in [3.8, 4) is 5.75 Å². The highest BCUT2D eigenvalue weighted by Gasteiger charge is 2.05. The fraction of sp³-hybridized carbons (Fsp3) is 0.611. The Morgan fingerprint density at radius 1 is 1.05 bits per heavy atom. The van der Waals surface area contributed by atoms with Crippen LogP contribution < -0.4 is 4.74 Å². The first-order valence-corrected chi connectivity index (χ1v) is 7.95. The molecular formula is C18H28O4. The summed E-state index contributed by atoms with van der Waals surface area (Å²) in [5.74, 6) is 0.837. The molecule has 0 fully saturated rings. The molecule has 22 heavy (non-hydrogen) atoms. The van der Waals surface area contributed by atoms with Gasteiger partial charge in [0.15, 0.2) is 0 Å². The van der Waals surface area contributed by atoms with Crippen LogP contribution in [-0.2, 0) is 20.7 Å². The standard InChI is InChI=1S/C18H28O4/c1-15-10-11-16(8-7-12-20-2)17(14-15)22-13-6-4-5-9-18(19)21-3/h10-11,14H,4-9,12-13H2,1-3H3. The summed E-state index contributed by atoms with van der Waals surface area (Å²) in [6.45, 7) is 3.52. The van der Waals surface area contributed by atoms with Gasteiger partial charge in [-0.1, -0.05) is 12.1 Å². The van der Waals surface area contributed by atoms with Crippen molar-refractivity contribution in [1.82, 2.24) is 0 Å². The molecule has 0 radical (unpaired) electrons. The molecular weight excluding hydrogens is 280 g/mol. The molecule has 0 aliphatic heterocycles. The third-order valence-electron chi connectivity index (χ3n) is 3.53. The fourth-order valence-corrected chi connectivity index (χ4v) is 2.24. The Balaban J connectivity index is 2.34. The van der Waals surface area contributed by atoms with Crippen molar-refractivity contribution in [2.45, 2.75) is 45.4 Å². The first-order chi connectivity index (χ1) is 10.7. The van der Waals surface area contributed by atoms with Gasteiger partial charge in [0.1, 0.15) is 5.75 Å². The molecule has 1 rings (SSSR count). The minimum absolute atomic E-state index is 0.139. The summed E-state index contributed by atoms with van der Waals surface area (Å²) in [5, 5.41) is 0. The van der Waals surface area contributed by atoms with Gasteiger partial charge in [-0.2, -0.15) is 0 Å². The highest BCUT2D eigenvalue weighted by molar-refractivity contribution is 5.68. The predicted octanol–water partition coefficient (Wildman–Crippen LogP) is 3.69. The van der Waals surface area contributed by atoms with Crippen LogP contribution in [0.25, 0.3) is 0 Å². The Morgan fingerprint density at radius 3 is 2.59 bits per heavy atom. The number of carbonyl (C=O) groups excluding carboxylic acids is 1. The lowest BCUT2D eigenvalue weighted by Gasteiger charge is -2.12.